The van der Waals surface area contributed by atoms with Gasteiger partial charge in [0.05, 0.1) is 7.11 Å². The summed E-state index contributed by atoms with van der Waals surface area (Å²) in [5.74, 6) is -0.227. The van der Waals surface area contributed by atoms with E-state index < -0.39 is 5.97 Å². The number of ketones is 1. The Hall–Kier alpha value is -3.08. The maximum Gasteiger partial charge on any atom is 0.374 e. The highest BCUT2D eigenvalue weighted by Crippen LogP contribution is 2.19. The first-order chi connectivity index (χ1) is 11.2. The van der Waals surface area contributed by atoms with E-state index in [2.05, 4.69) is 0 Å². The first-order valence-corrected chi connectivity index (χ1v) is 7.00. The Morgan fingerprint density at radius 1 is 1.04 bits per heavy atom. The second kappa shape index (κ2) is 6.36. The molecule has 0 radical (unpaired) electrons. The van der Waals surface area contributed by atoms with Crippen LogP contribution < -0.4 is 4.74 Å². The fourth-order valence-corrected chi connectivity index (χ4v) is 2.14. The molecule has 0 N–H and O–H groups in total. The van der Waals surface area contributed by atoms with Gasteiger partial charge >= 0.3 is 5.97 Å². The number of fused-ring (bicyclic) bond motifs is 1. The normalized spacial score (nSPS) is 10.5. The average Bonchev–Trinajstić information content (AvgIpc) is 3.03. The zero-order valence-corrected chi connectivity index (χ0v) is 12.4. The van der Waals surface area contributed by atoms with Gasteiger partial charge in [0.2, 0.25) is 5.76 Å². The van der Waals surface area contributed by atoms with E-state index in [1.807, 2.05) is 18.2 Å². The van der Waals surface area contributed by atoms with Crippen molar-refractivity contribution < 1.29 is 23.5 Å². The van der Waals surface area contributed by atoms with Gasteiger partial charge in [-0.2, -0.15) is 0 Å². The molecule has 0 saturated carbocycles. The van der Waals surface area contributed by atoms with Crippen LogP contribution in [0.25, 0.3) is 11.0 Å². The number of hydrogen-bond donors (Lipinski definition) is 0. The van der Waals surface area contributed by atoms with Gasteiger partial charge in [0.15, 0.2) is 12.4 Å². The van der Waals surface area contributed by atoms with Crippen molar-refractivity contribution in [1.29, 1.82) is 0 Å². The van der Waals surface area contributed by atoms with Gasteiger partial charge in [0, 0.05) is 10.9 Å². The molecule has 5 heteroatoms. The van der Waals surface area contributed by atoms with Gasteiger partial charge in [-0.15, -0.1) is 0 Å². The minimum Gasteiger partial charge on any atom is -0.497 e. The van der Waals surface area contributed by atoms with Gasteiger partial charge < -0.3 is 13.9 Å². The molecule has 23 heavy (non-hydrogen) atoms. The van der Waals surface area contributed by atoms with Crippen LogP contribution in [-0.4, -0.2) is 25.5 Å². The van der Waals surface area contributed by atoms with E-state index >= 15 is 0 Å². The summed E-state index contributed by atoms with van der Waals surface area (Å²) < 4.78 is 15.4. The monoisotopic (exact) mass is 310 g/mol. The minimum absolute atomic E-state index is 0.0775. The Kier molecular flexibility index (Phi) is 4.10. The predicted octanol–water partition coefficient (Wildman–Crippen LogP) is 3.48. The molecule has 0 unspecified atom stereocenters. The molecule has 3 aromatic rings. The molecule has 0 aliphatic carbocycles. The Morgan fingerprint density at radius 2 is 1.78 bits per heavy atom. The summed E-state index contributed by atoms with van der Waals surface area (Å²) in [6, 6.07) is 15.4. The smallest absolute Gasteiger partial charge is 0.374 e. The lowest BCUT2D eigenvalue weighted by Gasteiger charge is -2.04. The molecule has 116 valence electrons. The first-order valence-electron chi connectivity index (χ1n) is 7.00. The first kappa shape index (κ1) is 14.8. The van der Waals surface area contributed by atoms with E-state index in [-0.39, 0.29) is 18.2 Å². The third kappa shape index (κ3) is 3.23. The Bertz CT molecular complexity index is 812. The molecule has 0 fully saturated rings. The lowest BCUT2D eigenvalue weighted by molar-refractivity contribution is 0.0446. The van der Waals surface area contributed by atoms with Crippen molar-refractivity contribution in [2.24, 2.45) is 0 Å². The van der Waals surface area contributed by atoms with Crippen molar-refractivity contribution in [3.8, 4) is 5.75 Å². The molecule has 0 aliphatic heterocycles. The summed E-state index contributed by atoms with van der Waals surface area (Å²) >= 11 is 0. The number of furan rings is 1. The van der Waals surface area contributed by atoms with Crippen LogP contribution >= 0.6 is 0 Å². The van der Waals surface area contributed by atoms with Crippen molar-refractivity contribution >= 4 is 22.7 Å². The molecule has 0 atom stereocenters. The minimum atomic E-state index is -0.664. The van der Waals surface area contributed by atoms with Gasteiger partial charge in [-0.1, -0.05) is 18.2 Å². The average molecular weight is 310 g/mol. The maximum absolute atomic E-state index is 12.0. The lowest BCUT2D eigenvalue weighted by Crippen LogP contribution is -2.13. The number of rotatable bonds is 5. The summed E-state index contributed by atoms with van der Waals surface area (Å²) in [6.07, 6.45) is 0. The van der Waals surface area contributed by atoms with Crippen LogP contribution in [0.3, 0.4) is 0 Å². The quantitative estimate of drug-likeness (QED) is 0.533. The number of esters is 1. The van der Waals surface area contributed by atoms with Gasteiger partial charge in [0.25, 0.3) is 0 Å². The highest BCUT2D eigenvalue weighted by Gasteiger charge is 2.16. The van der Waals surface area contributed by atoms with Gasteiger partial charge in [-0.25, -0.2) is 4.79 Å². The summed E-state index contributed by atoms with van der Waals surface area (Å²) in [4.78, 5) is 24.0. The van der Waals surface area contributed by atoms with Crippen molar-refractivity contribution in [3.63, 3.8) is 0 Å². The number of para-hydroxylation sites is 1. The number of methoxy groups -OCH3 is 1. The van der Waals surface area contributed by atoms with Crippen molar-refractivity contribution in [2.45, 2.75) is 0 Å². The maximum atomic E-state index is 12.0. The zero-order chi connectivity index (χ0) is 16.2. The number of carbonyl (C=O) groups excluding carboxylic acids is 2. The molecule has 0 spiro atoms. The Morgan fingerprint density at radius 3 is 2.48 bits per heavy atom. The largest absolute Gasteiger partial charge is 0.497 e. The highest BCUT2D eigenvalue weighted by atomic mass is 16.5. The Labute approximate surface area is 132 Å². The third-order valence-electron chi connectivity index (χ3n) is 3.37. The predicted molar refractivity (Wildman–Crippen MR) is 83.8 cm³/mol. The number of Topliss-reactive ketones (excluding diaryl/α,β-unsaturated/α-hetero) is 1. The van der Waals surface area contributed by atoms with E-state index in [4.69, 9.17) is 13.9 Å². The van der Waals surface area contributed by atoms with Crippen LogP contribution in [-0.2, 0) is 4.74 Å². The molecule has 0 aliphatic rings. The van der Waals surface area contributed by atoms with Crippen LogP contribution in [0, 0.1) is 0 Å². The summed E-state index contributed by atoms with van der Waals surface area (Å²) in [7, 11) is 1.55. The molecule has 0 saturated heterocycles. The highest BCUT2D eigenvalue weighted by molar-refractivity contribution is 5.99. The topological polar surface area (TPSA) is 65.7 Å². The number of ether oxygens (including phenoxy) is 2. The summed E-state index contributed by atoms with van der Waals surface area (Å²) in [5.41, 5.74) is 1.05. The van der Waals surface area contributed by atoms with Gasteiger partial charge in [-0.05, 0) is 36.4 Å². The number of carbonyl (C=O) groups is 2. The van der Waals surface area contributed by atoms with Crippen molar-refractivity contribution in [3.05, 3.63) is 65.9 Å². The number of hydrogen-bond acceptors (Lipinski definition) is 5. The van der Waals surface area contributed by atoms with Crippen LogP contribution in [0.2, 0.25) is 0 Å². The van der Waals surface area contributed by atoms with E-state index in [1.165, 1.54) is 0 Å². The summed E-state index contributed by atoms with van der Waals surface area (Å²) in [6.45, 7) is -0.345. The standard InChI is InChI=1S/C18H14O5/c1-21-14-8-6-12(7-9-14)15(19)11-22-18(20)17-10-13-4-2-3-5-16(13)23-17/h2-10H,11H2,1H3. The molecule has 5 nitrogen and oxygen atoms in total. The van der Waals surface area contributed by atoms with Crippen LogP contribution in [0.1, 0.15) is 20.9 Å². The van der Waals surface area contributed by atoms with E-state index in [1.54, 1.807) is 43.5 Å². The fraction of sp³-hybridized carbons (Fsp3) is 0.111. The summed E-state index contributed by atoms with van der Waals surface area (Å²) in [5, 5.41) is 0.806. The van der Waals surface area contributed by atoms with E-state index in [9.17, 15) is 9.59 Å². The molecule has 2 aromatic carbocycles. The van der Waals surface area contributed by atoms with Gasteiger partial charge in [0.1, 0.15) is 11.3 Å². The molecule has 1 aromatic heterocycles. The van der Waals surface area contributed by atoms with E-state index in [0.717, 1.165) is 5.39 Å². The van der Waals surface area contributed by atoms with E-state index in [0.29, 0.717) is 16.9 Å². The van der Waals surface area contributed by atoms with Crippen LogP contribution in [0.5, 0.6) is 5.75 Å². The second-order valence-corrected chi connectivity index (χ2v) is 4.88. The molecule has 1 heterocycles. The molecule has 3 rings (SSSR count). The van der Waals surface area contributed by atoms with Crippen LogP contribution in [0.15, 0.2) is 59.0 Å². The van der Waals surface area contributed by atoms with Crippen molar-refractivity contribution in [2.75, 3.05) is 13.7 Å². The molecular formula is C18H14O5. The number of benzene rings is 2. The van der Waals surface area contributed by atoms with Gasteiger partial charge in [-0.3, -0.25) is 4.79 Å². The third-order valence-corrected chi connectivity index (χ3v) is 3.37. The van der Waals surface area contributed by atoms with Crippen LogP contribution in [0.4, 0.5) is 0 Å². The van der Waals surface area contributed by atoms with Crippen molar-refractivity contribution in [1.82, 2.24) is 0 Å². The Balaban J connectivity index is 1.64. The molecular weight excluding hydrogens is 296 g/mol. The SMILES string of the molecule is COc1ccc(C(=O)COC(=O)c2cc3ccccc3o2)cc1. The second-order valence-electron chi connectivity index (χ2n) is 4.88. The zero-order valence-electron chi connectivity index (χ0n) is 12.4. The fourth-order valence-electron chi connectivity index (χ4n) is 2.14. The molecule has 0 bridgehead atoms. The lowest BCUT2D eigenvalue weighted by atomic mass is 10.1. The molecule has 0 amide bonds.